The summed E-state index contributed by atoms with van der Waals surface area (Å²) in [4.78, 5) is 17.6. The van der Waals surface area contributed by atoms with E-state index < -0.39 is 6.29 Å². The van der Waals surface area contributed by atoms with Crippen molar-refractivity contribution in [1.82, 2.24) is 10.3 Å². The van der Waals surface area contributed by atoms with Gasteiger partial charge in [-0.3, -0.25) is 9.78 Å². The zero-order valence-corrected chi connectivity index (χ0v) is 14.9. The van der Waals surface area contributed by atoms with Crippen LogP contribution in [0.4, 0.5) is 0 Å². The number of ether oxygens (including phenoxy) is 2. The number of hydrogen-bond donors (Lipinski definition) is 1. The number of benzene rings is 1. The number of nitrogens with one attached hydrogen (secondary N) is 1. The molecule has 1 atom stereocenters. The van der Waals surface area contributed by atoms with E-state index >= 15 is 0 Å². The van der Waals surface area contributed by atoms with E-state index in [0.29, 0.717) is 5.75 Å². The van der Waals surface area contributed by atoms with Crippen molar-refractivity contribution >= 4 is 28.6 Å². The molecule has 23 heavy (non-hydrogen) atoms. The number of thioether (sulfide) groups is 1. The van der Waals surface area contributed by atoms with Crippen LogP contribution in [0.3, 0.4) is 0 Å². The first-order valence-electron chi connectivity index (χ1n) is 7.27. The molecule has 0 fully saturated rings. The molecule has 1 unspecified atom stereocenters. The largest absolute Gasteiger partial charge is 0.455 e. The van der Waals surface area contributed by atoms with Crippen LogP contribution in [0.1, 0.15) is 20.8 Å². The summed E-state index contributed by atoms with van der Waals surface area (Å²) in [5.74, 6) is 0.254. The second-order valence-corrected chi connectivity index (χ2v) is 7.03. The van der Waals surface area contributed by atoms with Crippen molar-refractivity contribution in [2.75, 3.05) is 13.4 Å². The number of carbonyl (C=O) groups excluding carboxylic acids is 1. The first-order valence-corrected chi connectivity index (χ1v) is 8.50. The lowest BCUT2D eigenvalue weighted by atomic mass is 10.1. The normalized spacial score (nSPS) is 12.9. The second kappa shape index (κ2) is 7.19. The molecule has 0 saturated carbocycles. The Kier molecular flexibility index (Phi) is 5.49. The molecule has 2 rings (SSSR count). The van der Waals surface area contributed by atoms with Gasteiger partial charge in [-0.1, -0.05) is 0 Å². The van der Waals surface area contributed by atoms with Crippen LogP contribution in [0.5, 0.6) is 5.75 Å². The third-order valence-corrected chi connectivity index (χ3v) is 3.73. The fourth-order valence-corrected chi connectivity index (χ4v) is 2.44. The van der Waals surface area contributed by atoms with E-state index in [-0.39, 0.29) is 11.4 Å². The van der Waals surface area contributed by atoms with Crippen LogP contribution in [-0.2, 0) is 9.53 Å². The summed E-state index contributed by atoms with van der Waals surface area (Å²) in [6, 6.07) is 7.54. The number of hydrogen-bond acceptors (Lipinski definition) is 5. The Morgan fingerprint density at radius 2 is 2.04 bits per heavy atom. The predicted octanol–water partition coefficient (Wildman–Crippen LogP) is 3.22. The van der Waals surface area contributed by atoms with Crippen LogP contribution in [0, 0.1) is 0 Å². The van der Waals surface area contributed by atoms with Gasteiger partial charge in [0, 0.05) is 29.1 Å². The van der Waals surface area contributed by atoms with Crippen LogP contribution >= 0.6 is 11.8 Å². The number of methoxy groups -OCH3 is 1. The highest BCUT2D eigenvalue weighted by Crippen LogP contribution is 2.24. The van der Waals surface area contributed by atoms with Gasteiger partial charge in [0.2, 0.25) is 0 Å². The van der Waals surface area contributed by atoms with Gasteiger partial charge in [-0.05, 0) is 51.3 Å². The SMILES string of the molecule is COC(Oc1ccc2ncc(SC)cc2c1)C(=O)NC(C)(C)C. The van der Waals surface area contributed by atoms with E-state index in [0.717, 1.165) is 15.8 Å². The summed E-state index contributed by atoms with van der Waals surface area (Å²) in [7, 11) is 1.45. The van der Waals surface area contributed by atoms with Gasteiger partial charge in [-0.2, -0.15) is 0 Å². The molecule has 6 heteroatoms. The fourth-order valence-electron chi connectivity index (χ4n) is 2.04. The van der Waals surface area contributed by atoms with Crippen molar-refractivity contribution in [3.63, 3.8) is 0 Å². The van der Waals surface area contributed by atoms with Crippen LogP contribution in [0.2, 0.25) is 0 Å². The quantitative estimate of drug-likeness (QED) is 0.672. The molecule has 5 nitrogen and oxygen atoms in total. The van der Waals surface area contributed by atoms with Gasteiger partial charge < -0.3 is 14.8 Å². The van der Waals surface area contributed by atoms with Crippen LogP contribution in [0.15, 0.2) is 35.4 Å². The molecule has 1 aromatic carbocycles. The van der Waals surface area contributed by atoms with Crippen molar-refractivity contribution in [3.8, 4) is 5.75 Å². The molecule has 2 aromatic rings. The van der Waals surface area contributed by atoms with Crippen LogP contribution in [-0.4, -0.2) is 36.1 Å². The number of pyridine rings is 1. The Labute approximate surface area is 140 Å². The highest BCUT2D eigenvalue weighted by molar-refractivity contribution is 7.98. The zero-order valence-electron chi connectivity index (χ0n) is 14.0. The molecule has 0 radical (unpaired) electrons. The minimum absolute atomic E-state index is 0.309. The summed E-state index contributed by atoms with van der Waals surface area (Å²) in [5, 5.41) is 3.80. The fraction of sp³-hybridized carbons (Fsp3) is 0.412. The molecule has 0 spiro atoms. The molecule has 1 heterocycles. The average Bonchev–Trinajstić information content (AvgIpc) is 2.49. The lowest BCUT2D eigenvalue weighted by Gasteiger charge is -2.24. The molecule has 1 amide bonds. The van der Waals surface area contributed by atoms with Gasteiger partial charge in [0.15, 0.2) is 0 Å². The van der Waals surface area contributed by atoms with E-state index in [4.69, 9.17) is 9.47 Å². The van der Waals surface area contributed by atoms with E-state index in [1.54, 1.807) is 17.8 Å². The topological polar surface area (TPSA) is 60.5 Å². The number of amides is 1. The van der Waals surface area contributed by atoms with Crippen molar-refractivity contribution in [1.29, 1.82) is 0 Å². The molecule has 0 saturated heterocycles. The predicted molar refractivity (Wildman–Crippen MR) is 92.8 cm³/mol. The molecule has 124 valence electrons. The maximum Gasteiger partial charge on any atom is 0.290 e. The molecule has 0 aliphatic heterocycles. The highest BCUT2D eigenvalue weighted by atomic mass is 32.2. The first kappa shape index (κ1) is 17.6. The molecule has 1 aromatic heterocycles. The van der Waals surface area contributed by atoms with Gasteiger partial charge in [-0.25, -0.2) is 0 Å². The summed E-state index contributed by atoms with van der Waals surface area (Å²) in [6.45, 7) is 5.72. The highest BCUT2D eigenvalue weighted by Gasteiger charge is 2.24. The Morgan fingerprint density at radius 1 is 1.30 bits per heavy atom. The summed E-state index contributed by atoms with van der Waals surface area (Å²) < 4.78 is 10.8. The summed E-state index contributed by atoms with van der Waals surface area (Å²) >= 11 is 1.63. The third kappa shape index (κ3) is 4.84. The Morgan fingerprint density at radius 3 is 2.65 bits per heavy atom. The lowest BCUT2D eigenvalue weighted by molar-refractivity contribution is -0.149. The number of carbonyl (C=O) groups is 1. The number of aromatic nitrogens is 1. The molecular formula is C17H22N2O3S. The molecule has 1 N–H and O–H groups in total. The summed E-state index contributed by atoms with van der Waals surface area (Å²) in [6.07, 6.45) is 2.84. The average molecular weight is 334 g/mol. The van der Waals surface area contributed by atoms with Crippen molar-refractivity contribution < 1.29 is 14.3 Å². The van der Waals surface area contributed by atoms with Crippen LogP contribution < -0.4 is 10.1 Å². The second-order valence-electron chi connectivity index (χ2n) is 6.15. The smallest absolute Gasteiger partial charge is 0.290 e. The Hall–Kier alpha value is -1.79. The molecule has 0 aliphatic carbocycles. The summed E-state index contributed by atoms with van der Waals surface area (Å²) in [5.41, 5.74) is 0.529. The van der Waals surface area contributed by atoms with E-state index in [1.165, 1.54) is 7.11 Å². The van der Waals surface area contributed by atoms with Crippen molar-refractivity contribution in [2.45, 2.75) is 37.5 Å². The Balaban J connectivity index is 2.20. The van der Waals surface area contributed by atoms with Gasteiger partial charge in [0.1, 0.15) is 5.75 Å². The zero-order chi connectivity index (χ0) is 17.0. The molecule has 0 aliphatic rings. The molecular weight excluding hydrogens is 312 g/mol. The van der Waals surface area contributed by atoms with Crippen LogP contribution in [0.25, 0.3) is 10.9 Å². The minimum Gasteiger partial charge on any atom is -0.455 e. The van der Waals surface area contributed by atoms with Gasteiger partial charge in [0.25, 0.3) is 12.2 Å². The minimum atomic E-state index is -0.997. The monoisotopic (exact) mass is 334 g/mol. The van der Waals surface area contributed by atoms with Gasteiger partial charge in [-0.15, -0.1) is 11.8 Å². The van der Waals surface area contributed by atoms with Gasteiger partial charge in [0.05, 0.1) is 5.52 Å². The van der Waals surface area contributed by atoms with Crippen molar-refractivity contribution in [3.05, 3.63) is 30.5 Å². The van der Waals surface area contributed by atoms with E-state index in [9.17, 15) is 4.79 Å². The van der Waals surface area contributed by atoms with E-state index in [1.807, 2.05) is 51.4 Å². The molecule has 0 bridgehead atoms. The number of fused-ring (bicyclic) bond motifs is 1. The standard InChI is InChI=1S/C17H22N2O3S/c1-17(2,3)19-15(20)16(21-4)22-12-6-7-14-11(8-12)9-13(23-5)10-18-14/h6-10,16H,1-5H3,(H,19,20). The van der Waals surface area contributed by atoms with Crippen molar-refractivity contribution in [2.24, 2.45) is 0 Å². The van der Waals surface area contributed by atoms with E-state index in [2.05, 4.69) is 10.3 Å². The number of rotatable bonds is 5. The third-order valence-electron chi connectivity index (χ3n) is 3.03. The van der Waals surface area contributed by atoms with Gasteiger partial charge >= 0.3 is 0 Å². The first-order chi connectivity index (χ1) is 10.8. The lowest BCUT2D eigenvalue weighted by Crippen LogP contribution is -2.48. The maximum atomic E-state index is 12.2. The number of nitrogens with zero attached hydrogens (tertiary/aromatic N) is 1. The maximum absolute atomic E-state index is 12.2. The Bertz CT molecular complexity index is 698.